The fourth-order valence-corrected chi connectivity index (χ4v) is 3.24. The van der Waals surface area contributed by atoms with Gasteiger partial charge in [0.1, 0.15) is 11.3 Å². The van der Waals surface area contributed by atoms with Crippen LogP contribution in [-0.2, 0) is 13.1 Å². The van der Waals surface area contributed by atoms with Crippen LogP contribution in [0, 0.1) is 6.92 Å². The van der Waals surface area contributed by atoms with Gasteiger partial charge in [0.25, 0.3) is 5.91 Å². The lowest BCUT2D eigenvalue weighted by Gasteiger charge is -2.07. The molecule has 0 aliphatic carbocycles. The molecule has 4 aromatic rings. The molecule has 0 bridgehead atoms. The van der Waals surface area contributed by atoms with Crippen LogP contribution >= 0.6 is 0 Å². The average molecular weight is 386 g/mol. The first-order valence-electron chi connectivity index (χ1n) is 9.42. The number of ether oxygens (including phenoxy) is 1. The molecule has 0 saturated heterocycles. The summed E-state index contributed by atoms with van der Waals surface area (Å²) < 4.78 is 7.02. The van der Waals surface area contributed by atoms with Gasteiger partial charge in [-0.05, 0) is 48.4 Å². The highest BCUT2D eigenvalue weighted by Gasteiger charge is 2.11. The van der Waals surface area contributed by atoms with E-state index in [0.29, 0.717) is 24.2 Å². The van der Waals surface area contributed by atoms with E-state index in [2.05, 4.69) is 21.7 Å². The van der Waals surface area contributed by atoms with E-state index in [1.165, 1.54) is 5.56 Å². The second kappa shape index (κ2) is 8.14. The Hall–Kier alpha value is -3.67. The Balaban J connectivity index is 1.47. The van der Waals surface area contributed by atoms with Crippen LogP contribution in [0.2, 0.25) is 0 Å². The normalized spacial score (nSPS) is 10.8. The average Bonchev–Trinajstić information content (AvgIpc) is 3.14. The van der Waals surface area contributed by atoms with Crippen LogP contribution in [0.3, 0.4) is 0 Å². The van der Waals surface area contributed by atoms with Gasteiger partial charge in [0.2, 0.25) is 0 Å². The van der Waals surface area contributed by atoms with E-state index in [9.17, 15) is 4.79 Å². The second-order valence-corrected chi connectivity index (χ2v) is 6.97. The minimum atomic E-state index is -0.127. The first kappa shape index (κ1) is 18.7. The summed E-state index contributed by atoms with van der Waals surface area (Å²) in [4.78, 5) is 12.5. The van der Waals surface area contributed by atoms with Crippen molar-refractivity contribution in [3.8, 4) is 5.75 Å². The van der Waals surface area contributed by atoms with E-state index in [-0.39, 0.29) is 5.91 Å². The Bertz CT molecular complexity index is 1150. The SMILES string of the molecule is COc1ccc(Cn2nnc3cc(C(=O)NCc4cccc(C)c4)ccc32)cc1. The third-order valence-corrected chi connectivity index (χ3v) is 4.80. The lowest BCUT2D eigenvalue weighted by atomic mass is 10.1. The zero-order valence-electron chi connectivity index (χ0n) is 16.4. The Morgan fingerprint density at radius 1 is 1.03 bits per heavy atom. The number of amides is 1. The first-order valence-corrected chi connectivity index (χ1v) is 9.42. The van der Waals surface area contributed by atoms with Crippen LogP contribution in [0.1, 0.15) is 27.0 Å². The van der Waals surface area contributed by atoms with Crippen molar-refractivity contribution in [1.29, 1.82) is 0 Å². The van der Waals surface area contributed by atoms with E-state index in [1.54, 1.807) is 13.2 Å². The van der Waals surface area contributed by atoms with Gasteiger partial charge < -0.3 is 10.1 Å². The predicted octanol–water partition coefficient (Wildman–Crippen LogP) is 3.73. The fourth-order valence-electron chi connectivity index (χ4n) is 3.24. The third kappa shape index (κ3) is 4.27. The van der Waals surface area contributed by atoms with Crippen molar-refractivity contribution in [3.05, 3.63) is 89.0 Å². The van der Waals surface area contributed by atoms with Gasteiger partial charge in [-0.15, -0.1) is 5.10 Å². The summed E-state index contributed by atoms with van der Waals surface area (Å²) >= 11 is 0. The maximum atomic E-state index is 12.5. The molecule has 3 aromatic carbocycles. The molecule has 0 aliphatic heterocycles. The molecule has 1 aromatic heterocycles. The molecular formula is C23H22N4O2. The maximum absolute atomic E-state index is 12.5. The van der Waals surface area contributed by atoms with Crippen molar-refractivity contribution in [1.82, 2.24) is 20.3 Å². The first-order chi connectivity index (χ1) is 14.1. The van der Waals surface area contributed by atoms with E-state index in [4.69, 9.17) is 4.74 Å². The third-order valence-electron chi connectivity index (χ3n) is 4.80. The monoisotopic (exact) mass is 386 g/mol. The summed E-state index contributed by atoms with van der Waals surface area (Å²) in [5, 5.41) is 11.4. The van der Waals surface area contributed by atoms with Crippen LogP contribution in [0.4, 0.5) is 0 Å². The molecule has 29 heavy (non-hydrogen) atoms. The standard InChI is InChI=1S/C23H22N4O2/c1-16-4-3-5-18(12-16)14-24-23(28)19-8-11-22-21(13-19)25-26-27(22)15-17-6-9-20(29-2)10-7-17/h3-13H,14-15H2,1-2H3,(H,24,28). The summed E-state index contributed by atoms with van der Waals surface area (Å²) in [5.41, 5.74) is 5.49. The molecule has 1 amide bonds. The number of benzene rings is 3. The Morgan fingerprint density at radius 3 is 2.62 bits per heavy atom. The molecule has 146 valence electrons. The number of rotatable bonds is 6. The number of hydrogen-bond donors (Lipinski definition) is 1. The molecular weight excluding hydrogens is 364 g/mol. The van der Waals surface area contributed by atoms with Crippen LogP contribution in [0.5, 0.6) is 5.75 Å². The number of aryl methyl sites for hydroxylation is 1. The van der Waals surface area contributed by atoms with Crippen LogP contribution < -0.4 is 10.1 Å². The van der Waals surface area contributed by atoms with Gasteiger partial charge in [0, 0.05) is 12.1 Å². The smallest absolute Gasteiger partial charge is 0.251 e. The number of carbonyl (C=O) groups is 1. The highest BCUT2D eigenvalue weighted by Crippen LogP contribution is 2.17. The zero-order valence-corrected chi connectivity index (χ0v) is 16.4. The van der Waals surface area contributed by atoms with Gasteiger partial charge in [-0.3, -0.25) is 4.79 Å². The van der Waals surface area contributed by atoms with Gasteiger partial charge in [-0.25, -0.2) is 4.68 Å². The van der Waals surface area contributed by atoms with E-state index in [0.717, 1.165) is 22.4 Å². The van der Waals surface area contributed by atoms with Crippen LogP contribution in [0.15, 0.2) is 66.7 Å². The second-order valence-electron chi connectivity index (χ2n) is 6.97. The molecule has 1 N–H and O–H groups in total. The molecule has 0 aliphatic rings. The number of methoxy groups -OCH3 is 1. The molecule has 0 saturated carbocycles. The minimum absolute atomic E-state index is 0.127. The van der Waals surface area contributed by atoms with E-state index >= 15 is 0 Å². The van der Waals surface area contributed by atoms with Crippen molar-refractivity contribution < 1.29 is 9.53 Å². The van der Waals surface area contributed by atoms with Gasteiger partial charge in [-0.1, -0.05) is 47.2 Å². The summed E-state index contributed by atoms with van der Waals surface area (Å²) in [7, 11) is 1.65. The van der Waals surface area contributed by atoms with Crippen LogP contribution in [-0.4, -0.2) is 28.0 Å². The molecule has 0 unspecified atom stereocenters. The molecule has 0 spiro atoms. The van der Waals surface area contributed by atoms with Crippen molar-refractivity contribution in [3.63, 3.8) is 0 Å². The highest BCUT2D eigenvalue weighted by atomic mass is 16.5. The highest BCUT2D eigenvalue weighted by molar-refractivity contribution is 5.97. The van der Waals surface area contributed by atoms with Crippen molar-refractivity contribution in [2.75, 3.05) is 7.11 Å². The Kier molecular flexibility index (Phi) is 5.24. The number of nitrogens with zero attached hydrogens (tertiary/aromatic N) is 3. The number of fused-ring (bicyclic) bond motifs is 1. The van der Waals surface area contributed by atoms with Gasteiger partial charge in [0.05, 0.1) is 19.2 Å². The Labute approximate surface area is 169 Å². The van der Waals surface area contributed by atoms with Crippen molar-refractivity contribution in [2.45, 2.75) is 20.0 Å². The topological polar surface area (TPSA) is 69.0 Å². The molecule has 0 radical (unpaired) electrons. The molecule has 6 nitrogen and oxygen atoms in total. The summed E-state index contributed by atoms with van der Waals surface area (Å²) in [6, 6.07) is 21.4. The predicted molar refractivity (Wildman–Crippen MR) is 112 cm³/mol. The number of carbonyl (C=O) groups excluding carboxylic acids is 1. The van der Waals surface area contributed by atoms with Crippen LogP contribution in [0.25, 0.3) is 11.0 Å². The van der Waals surface area contributed by atoms with Gasteiger partial charge in [0.15, 0.2) is 0 Å². The molecule has 6 heteroatoms. The van der Waals surface area contributed by atoms with E-state index < -0.39 is 0 Å². The number of nitrogens with one attached hydrogen (secondary N) is 1. The summed E-state index contributed by atoms with van der Waals surface area (Å²) in [5.74, 6) is 0.691. The lowest BCUT2D eigenvalue weighted by Crippen LogP contribution is -2.22. The number of hydrogen-bond acceptors (Lipinski definition) is 4. The quantitative estimate of drug-likeness (QED) is 0.548. The largest absolute Gasteiger partial charge is 0.497 e. The molecule has 0 atom stereocenters. The summed E-state index contributed by atoms with van der Waals surface area (Å²) in [6.07, 6.45) is 0. The zero-order chi connectivity index (χ0) is 20.2. The van der Waals surface area contributed by atoms with Crippen molar-refractivity contribution >= 4 is 16.9 Å². The maximum Gasteiger partial charge on any atom is 0.251 e. The molecule has 0 fully saturated rings. The van der Waals surface area contributed by atoms with E-state index in [1.807, 2.05) is 66.2 Å². The van der Waals surface area contributed by atoms with Gasteiger partial charge in [-0.2, -0.15) is 0 Å². The lowest BCUT2D eigenvalue weighted by molar-refractivity contribution is 0.0951. The van der Waals surface area contributed by atoms with Crippen molar-refractivity contribution in [2.24, 2.45) is 0 Å². The van der Waals surface area contributed by atoms with Gasteiger partial charge >= 0.3 is 0 Å². The molecule has 1 heterocycles. The molecule has 4 rings (SSSR count). The Morgan fingerprint density at radius 2 is 1.86 bits per heavy atom. The summed E-state index contributed by atoms with van der Waals surface area (Å²) in [6.45, 7) is 3.12. The minimum Gasteiger partial charge on any atom is -0.497 e. The fraction of sp³-hybridized carbons (Fsp3) is 0.174. The number of aromatic nitrogens is 3.